The van der Waals surface area contributed by atoms with Gasteiger partial charge in [0.05, 0.1) is 25.9 Å². The minimum absolute atomic E-state index is 0.228. The normalized spacial score (nSPS) is 24.8. The van der Waals surface area contributed by atoms with Crippen LogP contribution in [-0.4, -0.2) is 12.7 Å². The summed E-state index contributed by atoms with van der Waals surface area (Å²) in [6.07, 6.45) is 1.21. The van der Waals surface area contributed by atoms with Crippen molar-refractivity contribution < 1.29 is 9.47 Å². The van der Waals surface area contributed by atoms with Crippen molar-refractivity contribution in [2.45, 2.75) is 31.7 Å². The van der Waals surface area contributed by atoms with E-state index in [1.54, 1.807) is 0 Å². The average Bonchev–Trinajstić information content (AvgIpc) is 2.54. The lowest BCUT2D eigenvalue weighted by Gasteiger charge is -2.35. The van der Waals surface area contributed by atoms with Gasteiger partial charge in [0.1, 0.15) is 0 Å². The standard InChI is InChI=1S/C18H18O2/c1-2-6-14-11-20-18(9-13(14)5-1)17-12-19-10-15-7-3-4-8-16(15)17/h1-8,17-18H,9-12H2. The summed E-state index contributed by atoms with van der Waals surface area (Å²) in [5.41, 5.74) is 5.47. The van der Waals surface area contributed by atoms with Gasteiger partial charge >= 0.3 is 0 Å². The number of rotatable bonds is 1. The molecule has 2 aromatic rings. The van der Waals surface area contributed by atoms with Gasteiger partial charge < -0.3 is 9.47 Å². The molecule has 2 atom stereocenters. The largest absolute Gasteiger partial charge is 0.376 e. The highest BCUT2D eigenvalue weighted by atomic mass is 16.5. The monoisotopic (exact) mass is 266 g/mol. The topological polar surface area (TPSA) is 18.5 Å². The van der Waals surface area contributed by atoms with Crippen molar-refractivity contribution in [3.05, 3.63) is 70.8 Å². The van der Waals surface area contributed by atoms with Gasteiger partial charge in [-0.15, -0.1) is 0 Å². The highest BCUT2D eigenvalue weighted by Crippen LogP contribution is 2.34. The Hall–Kier alpha value is -1.64. The SMILES string of the molecule is c1ccc2c(c1)COC(C1COCc3ccccc31)C2. The van der Waals surface area contributed by atoms with Gasteiger partial charge in [-0.25, -0.2) is 0 Å². The van der Waals surface area contributed by atoms with Crippen LogP contribution in [0.5, 0.6) is 0 Å². The molecular weight excluding hydrogens is 248 g/mol. The van der Waals surface area contributed by atoms with Crippen LogP contribution in [0.25, 0.3) is 0 Å². The molecule has 2 heteroatoms. The van der Waals surface area contributed by atoms with E-state index < -0.39 is 0 Å². The minimum Gasteiger partial charge on any atom is -0.376 e. The number of hydrogen-bond donors (Lipinski definition) is 0. The van der Waals surface area contributed by atoms with Crippen LogP contribution in [0.4, 0.5) is 0 Å². The lowest BCUT2D eigenvalue weighted by Crippen LogP contribution is -2.34. The zero-order valence-corrected chi connectivity index (χ0v) is 11.4. The lowest BCUT2D eigenvalue weighted by atomic mass is 9.84. The van der Waals surface area contributed by atoms with E-state index >= 15 is 0 Å². The summed E-state index contributed by atoms with van der Waals surface area (Å²) in [7, 11) is 0. The predicted octanol–water partition coefficient (Wildman–Crippen LogP) is 3.44. The van der Waals surface area contributed by atoms with E-state index in [1.807, 2.05) is 0 Å². The van der Waals surface area contributed by atoms with Crippen molar-refractivity contribution in [2.24, 2.45) is 0 Å². The molecule has 0 N–H and O–H groups in total. The Labute approximate surface area is 119 Å². The maximum absolute atomic E-state index is 6.12. The first-order valence-electron chi connectivity index (χ1n) is 7.26. The fourth-order valence-corrected chi connectivity index (χ4v) is 3.35. The van der Waals surface area contributed by atoms with Crippen molar-refractivity contribution in [2.75, 3.05) is 6.61 Å². The summed E-state index contributed by atoms with van der Waals surface area (Å²) in [4.78, 5) is 0. The van der Waals surface area contributed by atoms with Crippen LogP contribution in [0.3, 0.4) is 0 Å². The first-order chi connectivity index (χ1) is 9.92. The number of fused-ring (bicyclic) bond motifs is 2. The molecule has 0 aliphatic carbocycles. The summed E-state index contributed by atoms with van der Waals surface area (Å²) in [5, 5.41) is 0. The highest BCUT2D eigenvalue weighted by Gasteiger charge is 2.31. The molecule has 0 saturated heterocycles. The number of ether oxygens (including phenoxy) is 2. The van der Waals surface area contributed by atoms with Crippen molar-refractivity contribution in [1.29, 1.82) is 0 Å². The van der Waals surface area contributed by atoms with E-state index in [-0.39, 0.29) is 6.10 Å². The average molecular weight is 266 g/mol. The van der Waals surface area contributed by atoms with E-state index in [0.29, 0.717) is 5.92 Å². The maximum Gasteiger partial charge on any atom is 0.0723 e. The van der Waals surface area contributed by atoms with E-state index in [9.17, 15) is 0 Å². The van der Waals surface area contributed by atoms with Gasteiger partial charge in [0, 0.05) is 5.92 Å². The molecule has 102 valence electrons. The molecule has 0 saturated carbocycles. The predicted molar refractivity (Wildman–Crippen MR) is 77.6 cm³/mol. The summed E-state index contributed by atoms with van der Waals surface area (Å²) in [6, 6.07) is 17.2. The Kier molecular flexibility index (Phi) is 3.06. The third-order valence-corrected chi connectivity index (χ3v) is 4.45. The van der Waals surface area contributed by atoms with Crippen molar-refractivity contribution >= 4 is 0 Å². The molecule has 2 aromatic carbocycles. The molecule has 4 rings (SSSR count). The molecule has 2 heterocycles. The second-order valence-corrected chi connectivity index (χ2v) is 5.64. The Morgan fingerprint density at radius 3 is 2.45 bits per heavy atom. The van der Waals surface area contributed by atoms with Crippen molar-refractivity contribution in [3.8, 4) is 0 Å². The Morgan fingerprint density at radius 2 is 1.55 bits per heavy atom. The Bertz CT molecular complexity index is 620. The Balaban J connectivity index is 1.64. The van der Waals surface area contributed by atoms with E-state index in [1.165, 1.54) is 22.3 Å². The van der Waals surface area contributed by atoms with Gasteiger partial charge in [-0.2, -0.15) is 0 Å². The van der Waals surface area contributed by atoms with Crippen LogP contribution >= 0.6 is 0 Å². The van der Waals surface area contributed by atoms with E-state index in [0.717, 1.165) is 26.2 Å². The van der Waals surface area contributed by atoms with Crippen LogP contribution < -0.4 is 0 Å². The summed E-state index contributed by atoms with van der Waals surface area (Å²) in [5.74, 6) is 0.355. The van der Waals surface area contributed by atoms with Gasteiger partial charge in [-0.05, 0) is 28.7 Å². The molecule has 0 bridgehead atoms. The summed E-state index contributed by atoms with van der Waals surface area (Å²) < 4.78 is 11.9. The van der Waals surface area contributed by atoms with Gasteiger partial charge in [0.15, 0.2) is 0 Å². The second-order valence-electron chi connectivity index (χ2n) is 5.64. The molecule has 2 aliphatic heterocycles. The quantitative estimate of drug-likeness (QED) is 0.787. The van der Waals surface area contributed by atoms with E-state index in [4.69, 9.17) is 9.47 Å². The summed E-state index contributed by atoms with van der Waals surface area (Å²) in [6.45, 7) is 2.22. The second kappa shape index (κ2) is 5.04. The summed E-state index contributed by atoms with van der Waals surface area (Å²) >= 11 is 0. The first-order valence-corrected chi connectivity index (χ1v) is 7.26. The van der Waals surface area contributed by atoms with Crippen molar-refractivity contribution in [3.63, 3.8) is 0 Å². The number of hydrogen-bond acceptors (Lipinski definition) is 2. The van der Waals surface area contributed by atoms with Crippen LogP contribution in [-0.2, 0) is 29.1 Å². The molecule has 20 heavy (non-hydrogen) atoms. The Morgan fingerprint density at radius 1 is 0.800 bits per heavy atom. The molecule has 0 fully saturated rings. The molecule has 0 aromatic heterocycles. The molecular formula is C18H18O2. The molecule has 0 radical (unpaired) electrons. The smallest absolute Gasteiger partial charge is 0.0723 e. The molecule has 0 spiro atoms. The fourth-order valence-electron chi connectivity index (χ4n) is 3.35. The highest BCUT2D eigenvalue weighted by molar-refractivity contribution is 5.35. The third-order valence-electron chi connectivity index (χ3n) is 4.45. The molecule has 2 aliphatic rings. The minimum atomic E-state index is 0.228. The molecule has 0 amide bonds. The third kappa shape index (κ3) is 2.05. The van der Waals surface area contributed by atoms with Gasteiger partial charge in [0.25, 0.3) is 0 Å². The van der Waals surface area contributed by atoms with Gasteiger partial charge in [0.2, 0.25) is 0 Å². The van der Waals surface area contributed by atoms with Gasteiger partial charge in [-0.3, -0.25) is 0 Å². The zero-order chi connectivity index (χ0) is 13.4. The van der Waals surface area contributed by atoms with Crippen LogP contribution in [0.2, 0.25) is 0 Å². The van der Waals surface area contributed by atoms with Crippen molar-refractivity contribution in [1.82, 2.24) is 0 Å². The molecule has 2 unspecified atom stereocenters. The van der Waals surface area contributed by atoms with Crippen LogP contribution in [0.15, 0.2) is 48.5 Å². The fraction of sp³-hybridized carbons (Fsp3) is 0.333. The van der Waals surface area contributed by atoms with Crippen LogP contribution in [0, 0.1) is 0 Å². The van der Waals surface area contributed by atoms with Crippen LogP contribution in [0.1, 0.15) is 28.2 Å². The molecule has 2 nitrogen and oxygen atoms in total. The zero-order valence-electron chi connectivity index (χ0n) is 11.4. The van der Waals surface area contributed by atoms with E-state index in [2.05, 4.69) is 48.5 Å². The lowest BCUT2D eigenvalue weighted by molar-refractivity contribution is -0.0242. The first kappa shape index (κ1) is 12.1. The number of benzene rings is 2. The van der Waals surface area contributed by atoms with Gasteiger partial charge in [-0.1, -0.05) is 48.5 Å². The maximum atomic E-state index is 6.12.